The third-order valence-electron chi connectivity index (χ3n) is 3.17. The van der Waals surface area contributed by atoms with Crippen LogP contribution in [0.5, 0.6) is 0 Å². The van der Waals surface area contributed by atoms with E-state index in [9.17, 15) is 4.21 Å². The zero-order valence-electron chi connectivity index (χ0n) is 10.9. The molecule has 0 aromatic heterocycles. The van der Waals surface area contributed by atoms with Crippen molar-refractivity contribution >= 4 is 27.6 Å². The second-order valence-corrected chi connectivity index (χ2v) is 5.82. The van der Waals surface area contributed by atoms with Gasteiger partial charge in [0.2, 0.25) is 0 Å². The molecule has 0 saturated carbocycles. The molecule has 0 heterocycles. The van der Waals surface area contributed by atoms with E-state index >= 15 is 0 Å². The van der Waals surface area contributed by atoms with Crippen molar-refractivity contribution in [3.63, 3.8) is 0 Å². The van der Waals surface area contributed by atoms with Crippen LogP contribution in [0.4, 0.5) is 0 Å². The quantitative estimate of drug-likeness (QED) is 0.683. The van der Waals surface area contributed by atoms with Crippen molar-refractivity contribution in [2.24, 2.45) is 0 Å². The first-order valence-corrected chi connectivity index (χ1v) is 7.67. The maximum atomic E-state index is 12.2. The van der Waals surface area contributed by atoms with Crippen LogP contribution in [0.15, 0.2) is 83.1 Å². The summed E-state index contributed by atoms with van der Waals surface area (Å²) in [5.41, 5.74) is 1.09. The molecule has 0 saturated heterocycles. The minimum atomic E-state index is -1.11. The molecular formula is C18H14OS. The van der Waals surface area contributed by atoms with E-state index in [4.69, 9.17) is 0 Å². The number of benzene rings is 3. The molecule has 0 aliphatic carbocycles. The summed E-state index contributed by atoms with van der Waals surface area (Å²) in [5, 5.41) is 4.12. The molecule has 3 aromatic carbocycles. The largest absolute Gasteiger partial charge is 0.250 e. The zero-order chi connectivity index (χ0) is 13.8. The van der Waals surface area contributed by atoms with E-state index in [0.717, 1.165) is 10.5 Å². The molecule has 2 heteroatoms. The highest BCUT2D eigenvalue weighted by Gasteiger charge is 1.99. The molecule has 0 bridgehead atoms. The fourth-order valence-corrected chi connectivity index (χ4v) is 3.02. The van der Waals surface area contributed by atoms with Crippen LogP contribution in [0.3, 0.4) is 0 Å². The molecule has 0 aliphatic rings. The van der Waals surface area contributed by atoms with Gasteiger partial charge in [-0.25, -0.2) is 4.21 Å². The first-order chi connectivity index (χ1) is 9.84. The maximum Gasteiger partial charge on any atom is 0.0776 e. The summed E-state index contributed by atoms with van der Waals surface area (Å²) in [4.78, 5) is 0.823. The van der Waals surface area contributed by atoms with Crippen LogP contribution in [-0.2, 0) is 10.8 Å². The van der Waals surface area contributed by atoms with Crippen LogP contribution in [0.2, 0.25) is 0 Å². The Morgan fingerprint density at radius 2 is 1.45 bits per heavy atom. The number of hydrogen-bond donors (Lipinski definition) is 0. The van der Waals surface area contributed by atoms with Crippen LogP contribution in [0.1, 0.15) is 5.56 Å². The van der Waals surface area contributed by atoms with Crippen LogP contribution >= 0.6 is 0 Å². The van der Waals surface area contributed by atoms with Crippen molar-refractivity contribution in [1.82, 2.24) is 0 Å². The van der Waals surface area contributed by atoms with E-state index < -0.39 is 10.8 Å². The number of rotatable bonds is 3. The average molecular weight is 278 g/mol. The van der Waals surface area contributed by atoms with Crippen LogP contribution in [-0.4, -0.2) is 4.21 Å². The monoisotopic (exact) mass is 278 g/mol. The molecule has 3 aromatic rings. The van der Waals surface area contributed by atoms with Crippen molar-refractivity contribution in [3.8, 4) is 0 Å². The number of hydrogen-bond acceptors (Lipinski definition) is 1. The minimum absolute atomic E-state index is 0.823. The van der Waals surface area contributed by atoms with Gasteiger partial charge in [-0.05, 0) is 34.5 Å². The van der Waals surface area contributed by atoms with Gasteiger partial charge in [0, 0.05) is 10.3 Å². The highest BCUT2D eigenvalue weighted by atomic mass is 32.2. The third-order valence-corrected chi connectivity index (χ3v) is 4.29. The second kappa shape index (κ2) is 5.85. The Balaban J connectivity index is 1.94. The van der Waals surface area contributed by atoms with Crippen molar-refractivity contribution in [3.05, 3.63) is 83.8 Å². The third kappa shape index (κ3) is 2.70. The predicted octanol–water partition coefficient (Wildman–Crippen LogP) is 4.62. The molecule has 3 rings (SSSR count). The van der Waals surface area contributed by atoms with Gasteiger partial charge in [-0.15, -0.1) is 0 Å². The Kier molecular flexibility index (Phi) is 3.75. The predicted molar refractivity (Wildman–Crippen MR) is 85.8 cm³/mol. The fraction of sp³-hybridized carbons (Fsp3) is 0. The second-order valence-electron chi connectivity index (χ2n) is 4.48. The molecule has 20 heavy (non-hydrogen) atoms. The molecule has 0 N–H and O–H groups in total. The smallest absolute Gasteiger partial charge is 0.0776 e. The van der Waals surface area contributed by atoms with E-state index in [-0.39, 0.29) is 0 Å². The summed E-state index contributed by atoms with van der Waals surface area (Å²) in [6.45, 7) is 0. The summed E-state index contributed by atoms with van der Waals surface area (Å²) in [7, 11) is -1.11. The normalized spacial score (nSPS) is 12.8. The standard InChI is InChI=1S/C18H14OS/c19-20(17-10-2-1-3-11-17)14-13-16-9-6-8-15-7-4-5-12-18(15)16/h1-14H. The van der Waals surface area contributed by atoms with Gasteiger partial charge in [-0.2, -0.15) is 0 Å². The van der Waals surface area contributed by atoms with E-state index in [1.165, 1.54) is 10.8 Å². The Hall–Kier alpha value is -2.19. The van der Waals surface area contributed by atoms with Crippen molar-refractivity contribution < 1.29 is 4.21 Å². The van der Waals surface area contributed by atoms with E-state index in [2.05, 4.69) is 18.2 Å². The molecule has 1 unspecified atom stereocenters. The first kappa shape index (κ1) is 12.8. The van der Waals surface area contributed by atoms with Gasteiger partial charge in [-0.3, -0.25) is 0 Å². The molecule has 0 fully saturated rings. The molecule has 98 valence electrons. The summed E-state index contributed by atoms with van der Waals surface area (Å²) in [5.74, 6) is 0. The van der Waals surface area contributed by atoms with Gasteiger partial charge >= 0.3 is 0 Å². The summed E-state index contributed by atoms with van der Waals surface area (Å²) >= 11 is 0. The zero-order valence-corrected chi connectivity index (χ0v) is 11.7. The molecule has 0 radical (unpaired) electrons. The van der Waals surface area contributed by atoms with Gasteiger partial charge in [-0.1, -0.05) is 60.7 Å². The minimum Gasteiger partial charge on any atom is -0.250 e. The SMILES string of the molecule is O=S(C=Cc1cccc2ccccc12)c1ccccc1. The van der Waals surface area contributed by atoms with E-state index in [1.807, 2.05) is 60.7 Å². The summed E-state index contributed by atoms with van der Waals surface area (Å²) < 4.78 is 12.2. The Labute approximate surface area is 121 Å². The lowest BCUT2D eigenvalue weighted by molar-refractivity contribution is 0.688. The van der Waals surface area contributed by atoms with Crippen molar-refractivity contribution in [2.45, 2.75) is 4.90 Å². The Morgan fingerprint density at radius 1 is 0.750 bits per heavy atom. The van der Waals surface area contributed by atoms with Gasteiger partial charge < -0.3 is 0 Å². The summed E-state index contributed by atoms with van der Waals surface area (Å²) in [6.07, 6.45) is 1.94. The van der Waals surface area contributed by atoms with E-state index in [0.29, 0.717) is 0 Å². The topological polar surface area (TPSA) is 17.1 Å². The van der Waals surface area contributed by atoms with Gasteiger partial charge in [0.1, 0.15) is 0 Å². The van der Waals surface area contributed by atoms with Gasteiger partial charge in [0.05, 0.1) is 10.8 Å². The van der Waals surface area contributed by atoms with Crippen LogP contribution < -0.4 is 0 Å². The average Bonchev–Trinajstić information content (AvgIpc) is 2.53. The lowest BCUT2D eigenvalue weighted by Crippen LogP contribution is -1.85. The van der Waals surface area contributed by atoms with E-state index in [1.54, 1.807) is 5.41 Å². The fourth-order valence-electron chi connectivity index (χ4n) is 2.16. The molecular weight excluding hydrogens is 264 g/mol. The van der Waals surface area contributed by atoms with Crippen LogP contribution in [0.25, 0.3) is 16.8 Å². The summed E-state index contributed by atoms with van der Waals surface area (Å²) in [6, 6.07) is 23.8. The molecule has 1 nitrogen and oxygen atoms in total. The van der Waals surface area contributed by atoms with Crippen LogP contribution in [0, 0.1) is 0 Å². The first-order valence-electron chi connectivity index (χ1n) is 6.46. The molecule has 1 atom stereocenters. The highest BCUT2D eigenvalue weighted by Crippen LogP contribution is 2.20. The molecule has 0 amide bonds. The maximum absolute atomic E-state index is 12.2. The Bertz CT molecular complexity index is 770. The van der Waals surface area contributed by atoms with Crippen molar-refractivity contribution in [1.29, 1.82) is 0 Å². The lowest BCUT2D eigenvalue weighted by Gasteiger charge is -2.01. The molecule has 0 aliphatic heterocycles. The lowest BCUT2D eigenvalue weighted by atomic mass is 10.1. The van der Waals surface area contributed by atoms with Gasteiger partial charge in [0.25, 0.3) is 0 Å². The number of fused-ring (bicyclic) bond motifs is 1. The van der Waals surface area contributed by atoms with Crippen molar-refractivity contribution in [2.75, 3.05) is 0 Å². The Morgan fingerprint density at radius 3 is 2.30 bits per heavy atom. The molecule has 0 spiro atoms. The van der Waals surface area contributed by atoms with Gasteiger partial charge in [0.15, 0.2) is 0 Å². The highest BCUT2D eigenvalue weighted by molar-refractivity contribution is 7.88.